The van der Waals surface area contributed by atoms with Crippen LogP contribution in [0.1, 0.15) is 33.3 Å². The van der Waals surface area contributed by atoms with Gasteiger partial charge < -0.3 is 15.0 Å². The first-order chi connectivity index (χ1) is 18.9. The Morgan fingerprint density at radius 3 is 2.20 bits per heavy atom. The molecule has 0 radical (unpaired) electrons. The minimum Gasteiger partial charge on any atom is -0.492 e. The Hall–Kier alpha value is -3.27. The highest BCUT2D eigenvalue weighted by Gasteiger charge is 2.34. The summed E-state index contributed by atoms with van der Waals surface area (Å²) >= 11 is 12.3. The maximum absolute atomic E-state index is 14.0. The zero-order valence-corrected chi connectivity index (χ0v) is 25.1. The Balaban J connectivity index is 2.08. The van der Waals surface area contributed by atoms with Crippen molar-refractivity contribution in [2.45, 2.75) is 51.2 Å². The lowest BCUT2D eigenvalue weighted by Crippen LogP contribution is -2.52. The molecule has 0 aliphatic rings. The fourth-order valence-electron chi connectivity index (χ4n) is 4.00. The maximum Gasteiger partial charge on any atom is 0.264 e. The number of nitrogens with zero attached hydrogens (tertiary/aromatic N) is 2. The van der Waals surface area contributed by atoms with Gasteiger partial charge in [-0.3, -0.25) is 13.9 Å². The molecule has 2 amide bonds. The maximum atomic E-state index is 14.0. The first kappa shape index (κ1) is 31.3. The zero-order valence-electron chi connectivity index (χ0n) is 22.8. The van der Waals surface area contributed by atoms with Crippen molar-refractivity contribution < 1.29 is 22.7 Å². The quantitative estimate of drug-likeness (QED) is 0.293. The number of hydrogen-bond donors (Lipinski definition) is 1. The summed E-state index contributed by atoms with van der Waals surface area (Å²) in [6, 6.07) is 18.3. The summed E-state index contributed by atoms with van der Waals surface area (Å²) in [6.45, 7) is 6.71. The SMILES string of the molecule is CCOc1ccccc1N(CC(=O)N(Cc1ccc(Cl)c(Cl)c1)C(C)C(=O)NC(C)C)S(=O)(=O)c1ccccc1. The molecular formula is C29H33Cl2N3O5S. The molecule has 0 saturated carbocycles. The minimum atomic E-state index is -4.21. The molecule has 3 aromatic rings. The molecule has 0 aliphatic heterocycles. The summed E-state index contributed by atoms with van der Waals surface area (Å²) in [5.74, 6) is -0.669. The van der Waals surface area contributed by atoms with E-state index in [2.05, 4.69) is 5.32 Å². The number of halogens is 2. The van der Waals surface area contributed by atoms with Crippen molar-refractivity contribution in [2.24, 2.45) is 0 Å². The third kappa shape index (κ3) is 7.68. The van der Waals surface area contributed by atoms with Crippen LogP contribution in [0.2, 0.25) is 10.0 Å². The monoisotopic (exact) mass is 605 g/mol. The molecule has 0 aliphatic carbocycles. The summed E-state index contributed by atoms with van der Waals surface area (Å²) < 4.78 is 34.6. The van der Waals surface area contributed by atoms with Crippen molar-refractivity contribution in [2.75, 3.05) is 17.5 Å². The van der Waals surface area contributed by atoms with E-state index in [-0.39, 0.29) is 29.1 Å². The Bertz CT molecular complexity index is 1430. The Kier molecular flexibility index (Phi) is 10.8. The summed E-state index contributed by atoms with van der Waals surface area (Å²) in [6.07, 6.45) is 0. The Morgan fingerprint density at radius 1 is 0.925 bits per heavy atom. The lowest BCUT2D eigenvalue weighted by Gasteiger charge is -2.32. The van der Waals surface area contributed by atoms with Gasteiger partial charge in [-0.05, 0) is 69.7 Å². The van der Waals surface area contributed by atoms with Gasteiger partial charge in [-0.25, -0.2) is 8.42 Å². The number of amides is 2. The normalized spacial score (nSPS) is 12.1. The van der Waals surface area contributed by atoms with Crippen LogP contribution >= 0.6 is 23.2 Å². The molecule has 8 nitrogen and oxygen atoms in total. The highest BCUT2D eigenvalue weighted by Crippen LogP contribution is 2.33. The molecule has 1 unspecified atom stereocenters. The predicted octanol–water partition coefficient (Wildman–Crippen LogP) is 5.53. The van der Waals surface area contributed by atoms with Gasteiger partial charge in [0.1, 0.15) is 18.3 Å². The molecule has 0 heterocycles. The molecule has 1 atom stereocenters. The Morgan fingerprint density at radius 2 is 1.57 bits per heavy atom. The molecule has 0 saturated heterocycles. The van der Waals surface area contributed by atoms with Crippen LogP contribution < -0.4 is 14.4 Å². The smallest absolute Gasteiger partial charge is 0.264 e. The number of benzene rings is 3. The van der Waals surface area contributed by atoms with Crippen LogP contribution in [0.15, 0.2) is 77.7 Å². The number of carbonyl (C=O) groups excluding carboxylic acids is 2. The van der Waals surface area contributed by atoms with E-state index in [1.807, 2.05) is 13.8 Å². The van der Waals surface area contributed by atoms with E-state index < -0.39 is 28.5 Å². The number of nitrogens with one attached hydrogen (secondary N) is 1. The largest absolute Gasteiger partial charge is 0.492 e. The summed E-state index contributed by atoms with van der Waals surface area (Å²) in [7, 11) is -4.21. The highest BCUT2D eigenvalue weighted by atomic mass is 35.5. The minimum absolute atomic E-state index is 0.00522. The van der Waals surface area contributed by atoms with Crippen LogP contribution in [-0.4, -0.2) is 50.4 Å². The van der Waals surface area contributed by atoms with Crippen molar-refractivity contribution in [1.82, 2.24) is 10.2 Å². The lowest BCUT2D eigenvalue weighted by atomic mass is 10.1. The van der Waals surface area contributed by atoms with Gasteiger partial charge in [0.15, 0.2) is 0 Å². The standard InChI is InChI=1S/C29H33Cl2N3O5S/c1-5-39-27-14-10-9-13-26(27)34(40(37,38)23-11-7-6-8-12-23)19-28(35)33(21(4)29(36)32-20(2)3)18-22-15-16-24(30)25(31)17-22/h6-17,20-21H,5,18-19H2,1-4H3,(H,32,36). The zero-order chi connectivity index (χ0) is 29.4. The van der Waals surface area contributed by atoms with Crippen molar-refractivity contribution in [3.05, 3.63) is 88.4 Å². The first-order valence-corrected chi connectivity index (χ1v) is 15.0. The third-order valence-corrected chi connectivity index (χ3v) is 8.49. The lowest BCUT2D eigenvalue weighted by molar-refractivity contribution is -0.139. The first-order valence-electron chi connectivity index (χ1n) is 12.8. The molecule has 11 heteroatoms. The number of hydrogen-bond acceptors (Lipinski definition) is 5. The van der Waals surface area contributed by atoms with Crippen LogP contribution in [0.4, 0.5) is 5.69 Å². The van der Waals surface area contributed by atoms with Crippen molar-refractivity contribution in [3.63, 3.8) is 0 Å². The molecule has 214 valence electrons. The van der Waals surface area contributed by atoms with E-state index in [9.17, 15) is 18.0 Å². The van der Waals surface area contributed by atoms with E-state index in [0.717, 1.165) is 4.31 Å². The summed E-state index contributed by atoms with van der Waals surface area (Å²) in [4.78, 5) is 28.4. The van der Waals surface area contributed by atoms with E-state index in [1.165, 1.54) is 17.0 Å². The molecular weight excluding hydrogens is 573 g/mol. The van der Waals surface area contributed by atoms with E-state index >= 15 is 0 Å². The second-order valence-electron chi connectivity index (χ2n) is 9.33. The molecule has 0 aromatic heterocycles. The molecule has 40 heavy (non-hydrogen) atoms. The van der Waals surface area contributed by atoms with E-state index in [4.69, 9.17) is 27.9 Å². The number of rotatable bonds is 12. The van der Waals surface area contributed by atoms with Gasteiger partial charge in [-0.1, -0.05) is 59.6 Å². The topological polar surface area (TPSA) is 96.0 Å². The Labute approximate surface area is 245 Å². The van der Waals surface area contributed by atoms with Crippen LogP contribution in [0.5, 0.6) is 5.75 Å². The fraction of sp³-hybridized carbons (Fsp3) is 0.310. The van der Waals surface area contributed by atoms with Crippen LogP contribution in [0.3, 0.4) is 0 Å². The van der Waals surface area contributed by atoms with Gasteiger partial charge in [0.25, 0.3) is 10.0 Å². The van der Waals surface area contributed by atoms with Gasteiger partial charge in [0, 0.05) is 12.6 Å². The van der Waals surface area contributed by atoms with Crippen molar-refractivity contribution in [1.29, 1.82) is 0 Å². The number of para-hydroxylation sites is 2. The molecule has 3 aromatic carbocycles. The van der Waals surface area contributed by atoms with Gasteiger partial charge in [0.2, 0.25) is 11.8 Å². The molecule has 3 rings (SSSR count). The van der Waals surface area contributed by atoms with Crippen LogP contribution in [0.25, 0.3) is 0 Å². The van der Waals surface area contributed by atoms with Crippen LogP contribution in [0, 0.1) is 0 Å². The molecule has 0 bridgehead atoms. The van der Waals surface area contributed by atoms with Crippen molar-refractivity contribution in [3.8, 4) is 5.75 Å². The van der Waals surface area contributed by atoms with Gasteiger partial charge in [0.05, 0.1) is 27.2 Å². The number of sulfonamides is 1. The fourth-order valence-corrected chi connectivity index (χ4v) is 5.76. The summed E-state index contributed by atoms with van der Waals surface area (Å²) in [5, 5.41) is 3.46. The van der Waals surface area contributed by atoms with E-state index in [1.54, 1.807) is 74.5 Å². The second kappa shape index (κ2) is 13.9. The number of anilines is 1. The number of ether oxygens (including phenoxy) is 1. The van der Waals surface area contributed by atoms with Gasteiger partial charge in [-0.15, -0.1) is 0 Å². The molecule has 0 spiro atoms. The van der Waals surface area contributed by atoms with Crippen molar-refractivity contribution >= 4 is 50.7 Å². The summed E-state index contributed by atoms with van der Waals surface area (Å²) in [5.41, 5.74) is 0.828. The van der Waals surface area contributed by atoms with E-state index in [0.29, 0.717) is 28.0 Å². The number of carbonyl (C=O) groups is 2. The second-order valence-corrected chi connectivity index (χ2v) is 12.0. The van der Waals surface area contributed by atoms with Crippen LogP contribution in [-0.2, 0) is 26.2 Å². The molecule has 1 N–H and O–H groups in total. The average molecular weight is 607 g/mol. The average Bonchev–Trinajstić information content (AvgIpc) is 2.92. The van der Waals surface area contributed by atoms with Gasteiger partial charge >= 0.3 is 0 Å². The third-order valence-electron chi connectivity index (χ3n) is 5.98. The molecule has 0 fully saturated rings. The van der Waals surface area contributed by atoms with Gasteiger partial charge in [-0.2, -0.15) is 0 Å². The predicted molar refractivity (Wildman–Crippen MR) is 158 cm³/mol. The highest BCUT2D eigenvalue weighted by molar-refractivity contribution is 7.92.